The summed E-state index contributed by atoms with van der Waals surface area (Å²) in [5, 5.41) is 0. The Morgan fingerprint density at radius 3 is 1.83 bits per heavy atom. The van der Waals surface area contributed by atoms with E-state index in [9.17, 15) is 4.79 Å². The fraction of sp³-hybridized carbons (Fsp3) is 0.950. The minimum Gasteiger partial charge on any atom is -0.469 e. The molecule has 0 aliphatic rings. The highest BCUT2D eigenvalue weighted by atomic mass is 28.4. The highest BCUT2D eigenvalue weighted by Gasteiger charge is 2.20. The van der Waals surface area contributed by atoms with Crippen molar-refractivity contribution in [3.8, 4) is 0 Å². The summed E-state index contributed by atoms with van der Waals surface area (Å²) in [5.41, 5.74) is 0. The van der Waals surface area contributed by atoms with Crippen LogP contribution in [0, 0.1) is 0 Å². The first-order valence-corrected chi connectivity index (χ1v) is 13.5. The molecule has 0 saturated carbocycles. The zero-order valence-corrected chi connectivity index (χ0v) is 18.0. The second-order valence-corrected chi connectivity index (χ2v) is 12.4. The zero-order valence-electron chi connectivity index (χ0n) is 17.0. The Hall–Kier alpha value is -0.353. The molecule has 0 N–H and O–H groups in total. The summed E-state index contributed by atoms with van der Waals surface area (Å²) >= 11 is 0. The maximum absolute atomic E-state index is 11.0. The highest BCUT2D eigenvalue weighted by molar-refractivity contribution is 6.69. The maximum Gasteiger partial charge on any atom is 0.305 e. The van der Waals surface area contributed by atoms with Crippen LogP contribution < -0.4 is 0 Å². The maximum atomic E-state index is 11.0. The lowest BCUT2D eigenvalue weighted by molar-refractivity contribution is -0.140. The predicted octanol–water partition coefficient (Wildman–Crippen LogP) is 6.47. The monoisotopic (exact) mass is 358 g/mol. The van der Waals surface area contributed by atoms with Gasteiger partial charge in [-0.3, -0.25) is 4.79 Å². The highest BCUT2D eigenvalue weighted by Crippen LogP contribution is 2.19. The number of methoxy groups -OCH3 is 1. The first kappa shape index (κ1) is 23.6. The molecule has 0 aliphatic heterocycles. The van der Waals surface area contributed by atoms with Gasteiger partial charge < -0.3 is 9.16 Å². The van der Waals surface area contributed by atoms with Crippen LogP contribution in [0.2, 0.25) is 19.6 Å². The summed E-state index contributed by atoms with van der Waals surface area (Å²) in [4.78, 5) is 11.0. The quantitative estimate of drug-likeness (QED) is 0.180. The Balaban J connectivity index is 3.66. The Bertz CT molecular complexity index is 300. The molecule has 0 aromatic carbocycles. The lowest BCUT2D eigenvalue weighted by Crippen LogP contribution is -2.32. The molecule has 0 bridgehead atoms. The van der Waals surface area contributed by atoms with E-state index in [-0.39, 0.29) is 5.97 Å². The van der Waals surface area contributed by atoms with Crippen molar-refractivity contribution >= 4 is 14.3 Å². The number of esters is 1. The molecule has 1 unspecified atom stereocenters. The van der Waals surface area contributed by atoms with E-state index in [4.69, 9.17) is 4.43 Å². The van der Waals surface area contributed by atoms with Gasteiger partial charge in [-0.1, -0.05) is 64.7 Å². The number of carbonyl (C=O) groups excluding carboxylic acids is 1. The van der Waals surface area contributed by atoms with Crippen LogP contribution in [0.1, 0.15) is 90.4 Å². The van der Waals surface area contributed by atoms with Crippen LogP contribution in [-0.4, -0.2) is 27.5 Å². The Kier molecular flexibility index (Phi) is 14.7. The third kappa shape index (κ3) is 16.5. The second kappa shape index (κ2) is 14.9. The Labute approximate surface area is 152 Å². The summed E-state index contributed by atoms with van der Waals surface area (Å²) in [6.45, 7) is 9.16. The van der Waals surface area contributed by atoms with Crippen LogP contribution in [0.3, 0.4) is 0 Å². The van der Waals surface area contributed by atoms with E-state index in [1.807, 2.05) is 0 Å². The van der Waals surface area contributed by atoms with E-state index < -0.39 is 8.32 Å². The molecule has 0 radical (unpaired) electrons. The molecule has 4 heteroatoms. The van der Waals surface area contributed by atoms with Gasteiger partial charge in [-0.25, -0.2) is 0 Å². The van der Waals surface area contributed by atoms with Gasteiger partial charge in [-0.05, 0) is 38.9 Å². The van der Waals surface area contributed by atoms with Crippen LogP contribution in [-0.2, 0) is 14.0 Å². The zero-order chi connectivity index (χ0) is 18.3. The molecule has 1 atom stereocenters. The average molecular weight is 359 g/mol. The standard InChI is InChI=1S/C20H42O3Si/c1-6-7-13-16-19(23-24(3,4)5)17-14-11-9-8-10-12-15-18-20(21)22-2/h19H,6-18H2,1-5H3. The van der Waals surface area contributed by atoms with Crippen LogP contribution in [0.15, 0.2) is 0 Å². The summed E-state index contributed by atoms with van der Waals surface area (Å²) < 4.78 is 11.0. The SMILES string of the molecule is CCCCCC(CCCCCCCCCC(=O)OC)O[Si](C)(C)C. The Morgan fingerprint density at radius 2 is 1.33 bits per heavy atom. The molecule has 0 aromatic rings. The molecule has 0 saturated heterocycles. The second-order valence-electron chi connectivity index (χ2n) is 7.94. The lowest BCUT2D eigenvalue weighted by Gasteiger charge is -2.26. The molecule has 0 rings (SSSR count). The van der Waals surface area contributed by atoms with Crippen LogP contribution >= 0.6 is 0 Å². The molecule has 24 heavy (non-hydrogen) atoms. The molecular weight excluding hydrogens is 316 g/mol. The van der Waals surface area contributed by atoms with E-state index >= 15 is 0 Å². The normalized spacial score (nSPS) is 13.0. The molecule has 0 aromatic heterocycles. The number of hydrogen-bond donors (Lipinski definition) is 0. The Morgan fingerprint density at radius 1 is 0.833 bits per heavy atom. The molecule has 0 spiro atoms. The largest absolute Gasteiger partial charge is 0.469 e. The van der Waals surface area contributed by atoms with Crippen molar-refractivity contribution in [1.29, 1.82) is 0 Å². The number of unbranched alkanes of at least 4 members (excludes halogenated alkanes) is 8. The predicted molar refractivity (Wildman–Crippen MR) is 106 cm³/mol. The van der Waals surface area contributed by atoms with Gasteiger partial charge in [0.1, 0.15) is 0 Å². The van der Waals surface area contributed by atoms with E-state index in [1.54, 1.807) is 0 Å². The molecule has 3 nitrogen and oxygen atoms in total. The minimum absolute atomic E-state index is 0.0773. The molecule has 0 fully saturated rings. The van der Waals surface area contributed by atoms with E-state index in [0.29, 0.717) is 12.5 Å². The summed E-state index contributed by atoms with van der Waals surface area (Å²) in [7, 11) is 0.0409. The topological polar surface area (TPSA) is 35.5 Å². The van der Waals surface area contributed by atoms with Crippen molar-refractivity contribution < 1.29 is 14.0 Å². The van der Waals surface area contributed by atoms with E-state index in [0.717, 1.165) is 12.8 Å². The van der Waals surface area contributed by atoms with Gasteiger partial charge in [0, 0.05) is 12.5 Å². The van der Waals surface area contributed by atoms with Gasteiger partial charge in [0.15, 0.2) is 8.32 Å². The summed E-state index contributed by atoms with van der Waals surface area (Å²) in [6, 6.07) is 0. The van der Waals surface area contributed by atoms with Gasteiger partial charge in [-0.15, -0.1) is 0 Å². The van der Waals surface area contributed by atoms with Crippen molar-refractivity contribution in [2.75, 3.05) is 7.11 Å². The molecular formula is C20H42O3Si. The van der Waals surface area contributed by atoms with Crippen LogP contribution in [0.25, 0.3) is 0 Å². The van der Waals surface area contributed by atoms with Crippen LogP contribution in [0.4, 0.5) is 0 Å². The smallest absolute Gasteiger partial charge is 0.305 e. The fourth-order valence-electron chi connectivity index (χ4n) is 3.01. The molecule has 0 heterocycles. The van der Waals surface area contributed by atoms with E-state index in [1.165, 1.54) is 71.3 Å². The molecule has 144 valence electrons. The van der Waals surface area contributed by atoms with Gasteiger partial charge in [0.25, 0.3) is 0 Å². The number of rotatable bonds is 16. The third-order valence-corrected chi connectivity index (χ3v) is 5.32. The van der Waals surface area contributed by atoms with Crippen molar-refractivity contribution in [3.05, 3.63) is 0 Å². The van der Waals surface area contributed by atoms with E-state index in [2.05, 4.69) is 31.3 Å². The first-order chi connectivity index (χ1) is 11.4. The van der Waals surface area contributed by atoms with Gasteiger partial charge in [0.2, 0.25) is 0 Å². The van der Waals surface area contributed by atoms with Crippen molar-refractivity contribution in [3.63, 3.8) is 0 Å². The van der Waals surface area contributed by atoms with Crippen molar-refractivity contribution in [2.45, 2.75) is 116 Å². The third-order valence-electron chi connectivity index (χ3n) is 4.28. The number of hydrogen-bond acceptors (Lipinski definition) is 3. The van der Waals surface area contributed by atoms with Crippen molar-refractivity contribution in [2.24, 2.45) is 0 Å². The summed E-state index contributed by atoms with van der Waals surface area (Å²) in [6.07, 6.45) is 16.0. The molecule has 0 amide bonds. The minimum atomic E-state index is -1.42. The van der Waals surface area contributed by atoms with Gasteiger partial charge in [0.05, 0.1) is 7.11 Å². The first-order valence-electron chi connectivity index (χ1n) is 10.1. The number of carbonyl (C=O) groups is 1. The number of ether oxygens (including phenoxy) is 1. The van der Waals surface area contributed by atoms with Crippen molar-refractivity contribution in [1.82, 2.24) is 0 Å². The molecule has 0 aliphatic carbocycles. The fourth-order valence-corrected chi connectivity index (χ4v) is 4.25. The van der Waals surface area contributed by atoms with Crippen LogP contribution in [0.5, 0.6) is 0 Å². The van der Waals surface area contributed by atoms with Gasteiger partial charge >= 0.3 is 5.97 Å². The van der Waals surface area contributed by atoms with Gasteiger partial charge in [-0.2, -0.15) is 0 Å². The average Bonchev–Trinajstić information content (AvgIpc) is 2.51. The lowest BCUT2D eigenvalue weighted by atomic mass is 10.0. The summed E-state index contributed by atoms with van der Waals surface area (Å²) in [5.74, 6) is -0.0773.